The molecule has 2 atom stereocenters. The van der Waals surface area contributed by atoms with Crippen LogP contribution in [0.15, 0.2) is 12.1 Å². The van der Waals surface area contributed by atoms with Crippen LogP contribution in [-0.2, 0) is 6.54 Å². The zero-order valence-corrected chi connectivity index (χ0v) is 15.2. The van der Waals surface area contributed by atoms with E-state index in [0.29, 0.717) is 16.7 Å². The Kier molecular flexibility index (Phi) is 5.82. The molecule has 1 heterocycles. The lowest BCUT2D eigenvalue weighted by Crippen LogP contribution is -2.50. The molecule has 130 valence electrons. The third-order valence-electron chi connectivity index (χ3n) is 4.76. The average Bonchev–Trinajstić information content (AvgIpc) is 2.46. The highest BCUT2D eigenvalue weighted by Crippen LogP contribution is 2.37. The maximum Gasteiger partial charge on any atom is 0.176 e. The first-order valence-corrected chi connectivity index (χ1v) is 8.61. The van der Waals surface area contributed by atoms with E-state index in [9.17, 15) is 10.2 Å². The summed E-state index contributed by atoms with van der Waals surface area (Å²) in [6, 6.07) is 3.61. The molecule has 0 saturated carbocycles. The van der Waals surface area contributed by atoms with Crippen LogP contribution in [-0.4, -0.2) is 40.9 Å². The van der Waals surface area contributed by atoms with E-state index in [4.69, 9.17) is 16.3 Å². The minimum atomic E-state index is -0.592. The number of benzene rings is 1. The van der Waals surface area contributed by atoms with Gasteiger partial charge in [-0.25, -0.2) is 0 Å². The molecule has 0 aromatic heterocycles. The van der Waals surface area contributed by atoms with Crippen LogP contribution < -0.4 is 4.74 Å². The molecule has 1 aliphatic heterocycles. The van der Waals surface area contributed by atoms with E-state index in [0.717, 1.165) is 38.0 Å². The van der Waals surface area contributed by atoms with Crippen molar-refractivity contribution in [2.24, 2.45) is 11.8 Å². The zero-order chi connectivity index (χ0) is 17.2. The van der Waals surface area contributed by atoms with Gasteiger partial charge in [0.05, 0.1) is 17.7 Å². The number of hydrogen-bond donors (Lipinski definition) is 2. The largest absolute Gasteiger partial charge is 0.503 e. The van der Waals surface area contributed by atoms with Crippen LogP contribution in [0.5, 0.6) is 11.5 Å². The monoisotopic (exact) mass is 341 g/mol. The van der Waals surface area contributed by atoms with Gasteiger partial charge in [-0.2, -0.15) is 0 Å². The van der Waals surface area contributed by atoms with Crippen LogP contribution in [0.25, 0.3) is 0 Å². The third kappa shape index (κ3) is 4.52. The molecule has 5 heteroatoms. The fourth-order valence-corrected chi connectivity index (χ4v) is 3.59. The first-order chi connectivity index (χ1) is 10.7. The number of rotatable bonds is 5. The highest BCUT2D eigenvalue weighted by Gasteiger charge is 2.37. The zero-order valence-electron chi connectivity index (χ0n) is 14.5. The summed E-state index contributed by atoms with van der Waals surface area (Å²) < 4.78 is 5.17. The van der Waals surface area contributed by atoms with Crippen LogP contribution in [0.2, 0.25) is 5.02 Å². The standard InChI is InChI=1S/C18H28ClNO3/c1-12(2)7-14-11-20(6-5-18(14,3)22)10-13-8-15(19)17(21)16(9-13)23-4/h8-9,12,14,21-22H,5-7,10-11H2,1-4H3/t14-,18+/m0/s1. The number of likely N-dealkylation sites (tertiary alicyclic amines) is 1. The molecule has 0 radical (unpaired) electrons. The van der Waals surface area contributed by atoms with Crippen molar-refractivity contribution < 1.29 is 14.9 Å². The summed E-state index contributed by atoms with van der Waals surface area (Å²) in [4.78, 5) is 2.34. The molecule has 1 aliphatic rings. The van der Waals surface area contributed by atoms with Crippen molar-refractivity contribution in [3.05, 3.63) is 22.7 Å². The summed E-state index contributed by atoms with van der Waals surface area (Å²) in [5, 5.41) is 20.8. The maximum atomic E-state index is 10.6. The van der Waals surface area contributed by atoms with Gasteiger partial charge in [0, 0.05) is 25.6 Å². The summed E-state index contributed by atoms with van der Waals surface area (Å²) in [6.45, 7) is 8.80. The molecule has 1 aromatic carbocycles. The number of halogens is 1. The van der Waals surface area contributed by atoms with Gasteiger partial charge in [-0.1, -0.05) is 25.4 Å². The summed E-state index contributed by atoms with van der Waals surface area (Å²) in [7, 11) is 1.52. The lowest BCUT2D eigenvalue weighted by atomic mass is 9.78. The summed E-state index contributed by atoms with van der Waals surface area (Å²) >= 11 is 6.07. The van der Waals surface area contributed by atoms with Crippen molar-refractivity contribution in [3.8, 4) is 11.5 Å². The lowest BCUT2D eigenvalue weighted by Gasteiger charge is -2.43. The Hall–Kier alpha value is -0.970. The number of hydrogen-bond acceptors (Lipinski definition) is 4. The number of phenols is 1. The van der Waals surface area contributed by atoms with Crippen molar-refractivity contribution in [2.45, 2.75) is 45.8 Å². The molecule has 0 aliphatic carbocycles. The Morgan fingerprint density at radius 2 is 2.13 bits per heavy atom. The fourth-order valence-electron chi connectivity index (χ4n) is 3.36. The van der Waals surface area contributed by atoms with E-state index in [1.807, 2.05) is 13.0 Å². The molecule has 1 saturated heterocycles. The van der Waals surface area contributed by atoms with Gasteiger partial charge < -0.3 is 14.9 Å². The molecule has 2 N–H and O–H groups in total. The average molecular weight is 342 g/mol. The van der Waals surface area contributed by atoms with Gasteiger partial charge in [-0.15, -0.1) is 0 Å². The van der Waals surface area contributed by atoms with Crippen LogP contribution in [0.1, 0.15) is 39.2 Å². The fraction of sp³-hybridized carbons (Fsp3) is 0.667. The normalized spacial score (nSPS) is 25.8. The number of phenolic OH excluding ortho intramolecular Hbond substituents is 1. The van der Waals surface area contributed by atoms with Gasteiger partial charge in [0.15, 0.2) is 11.5 Å². The molecule has 4 nitrogen and oxygen atoms in total. The quantitative estimate of drug-likeness (QED) is 0.858. The first kappa shape index (κ1) is 18.4. The second-order valence-electron chi connectivity index (χ2n) is 7.30. The second kappa shape index (κ2) is 7.29. The molecule has 2 rings (SSSR count). The molecule has 0 bridgehead atoms. The lowest BCUT2D eigenvalue weighted by molar-refractivity contribution is -0.0664. The van der Waals surface area contributed by atoms with Gasteiger partial charge in [-0.05, 0) is 43.4 Å². The molecule has 1 aromatic rings. The number of methoxy groups -OCH3 is 1. The maximum absolute atomic E-state index is 10.6. The van der Waals surface area contributed by atoms with Crippen molar-refractivity contribution in [1.29, 1.82) is 0 Å². The number of aliphatic hydroxyl groups is 1. The Morgan fingerprint density at radius 1 is 1.43 bits per heavy atom. The Balaban J connectivity index is 2.10. The van der Waals surface area contributed by atoms with Gasteiger partial charge in [0.2, 0.25) is 0 Å². The van der Waals surface area contributed by atoms with Crippen LogP contribution in [0.4, 0.5) is 0 Å². The van der Waals surface area contributed by atoms with Gasteiger partial charge in [-0.3, -0.25) is 4.90 Å². The van der Waals surface area contributed by atoms with E-state index in [1.165, 1.54) is 7.11 Å². The third-order valence-corrected chi connectivity index (χ3v) is 5.05. The van der Waals surface area contributed by atoms with Crippen molar-refractivity contribution in [3.63, 3.8) is 0 Å². The molecule has 0 spiro atoms. The number of ether oxygens (including phenoxy) is 1. The van der Waals surface area contributed by atoms with E-state index >= 15 is 0 Å². The highest BCUT2D eigenvalue weighted by atomic mass is 35.5. The first-order valence-electron chi connectivity index (χ1n) is 8.23. The van der Waals surface area contributed by atoms with Crippen LogP contribution >= 0.6 is 11.6 Å². The minimum absolute atomic E-state index is 0.0165. The number of nitrogens with zero attached hydrogens (tertiary/aromatic N) is 1. The van der Waals surface area contributed by atoms with Crippen LogP contribution in [0.3, 0.4) is 0 Å². The minimum Gasteiger partial charge on any atom is -0.503 e. The molecule has 0 unspecified atom stereocenters. The summed E-state index contributed by atoms with van der Waals surface area (Å²) in [5.74, 6) is 1.22. The Labute approximate surface area is 144 Å². The molecular formula is C18H28ClNO3. The second-order valence-corrected chi connectivity index (χ2v) is 7.70. The van der Waals surface area contributed by atoms with Gasteiger partial charge >= 0.3 is 0 Å². The molecule has 1 fully saturated rings. The highest BCUT2D eigenvalue weighted by molar-refractivity contribution is 6.32. The van der Waals surface area contributed by atoms with E-state index in [2.05, 4.69) is 18.7 Å². The molecule has 23 heavy (non-hydrogen) atoms. The summed E-state index contributed by atoms with van der Waals surface area (Å²) in [5.41, 5.74) is 0.417. The molecule has 0 amide bonds. The number of aromatic hydroxyl groups is 1. The predicted molar refractivity (Wildman–Crippen MR) is 93.1 cm³/mol. The number of piperidine rings is 1. The smallest absolute Gasteiger partial charge is 0.176 e. The van der Waals surface area contributed by atoms with E-state index in [1.54, 1.807) is 6.07 Å². The van der Waals surface area contributed by atoms with E-state index in [-0.39, 0.29) is 11.7 Å². The van der Waals surface area contributed by atoms with E-state index < -0.39 is 5.60 Å². The Bertz CT molecular complexity index is 545. The van der Waals surface area contributed by atoms with Gasteiger partial charge in [0.25, 0.3) is 0 Å². The van der Waals surface area contributed by atoms with Crippen molar-refractivity contribution >= 4 is 11.6 Å². The van der Waals surface area contributed by atoms with Crippen molar-refractivity contribution in [2.75, 3.05) is 20.2 Å². The SMILES string of the molecule is COc1cc(CN2CC[C@@](C)(O)[C@@H](CC(C)C)C2)cc(Cl)c1O. The molecular weight excluding hydrogens is 314 g/mol. The van der Waals surface area contributed by atoms with Crippen LogP contribution in [0, 0.1) is 11.8 Å². The van der Waals surface area contributed by atoms with Crippen molar-refractivity contribution in [1.82, 2.24) is 4.90 Å². The Morgan fingerprint density at radius 3 is 2.74 bits per heavy atom. The predicted octanol–water partition coefficient (Wildman–Crippen LogP) is 3.67. The van der Waals surface area contributed by atoms with Gasteiger partial charge in [0.1, 0.15) is 0 Å². The topological polar surface area (TPSA) is 52.9 Å². The summed E-state index contributed by atoms with van der Waals surface area (Å²) in [6.07, 6.45) is 1.79.